The predicted octanol–water partition coefficient (Wildman–Crippen LogP) is 3.42. The predicted molar refractivity (Wildman–Crippen MR) is 121 cm³/mol. The van der Waals surface area contributed by atoms with E-state index in [4.69, 9.17) is 10.5 Å². The fraction of sp³-hybridized carbons (Fsp3) is 1.00. The molecule has 1 rings (SSSR count). The van der Waals surface area contributed by atoms with E-state index < -0.39 is 30.5 Å². The Morgan fingerprint density at radius 1 is 0.500 bits per heavy atom. The minimum Gasteiger partial charge on any atom is -0.394 e. The number of hydrogen-bond acceptors (Lipinski definition) is 6. The Kier molecular flexibility index (Phi) is 17.0. The van der Waals surface area contributed by atoms with Gasteiger partial charge >= 0.3 is 0 Å². The van der Waals surface area contributed by atoms with E-state index in [9.17, 15) is 20.4 Å². The van der Waals surface area contributed by atoms with Crippen molar-refractivity contribution in [1.82, 2.24) is 0 Å². The highest BCUT2D eigenvalue weighted by atomic mass is 16.5. The van der Waals surface area contributed by atoms with E-state index >= 15 is 0 Å². The molecule has 6 N–H and O–H groups in total. The van der Waals surface area contributed by atoms with Crippen LogP contribution in [0.4, 0.5) is 0 Å². The second kappa shape index (κ2) is 18.3. The molecule has 30 heavy (non-hydrogen) atoms. The van der Waals surface area contributed by atoms with Crippen molar-refractivity contribution >= 4 is 0 Å². The fourth-order valence-electron chi connectivity index (χ4n) is 4.38. The zero-order chi connectivity index (χ0) is 22.0. The van der Waals surface area contributed by atoms with Crippen molar-refractivity contribution in [2.75, 3.05) is 13.2 Å². The quantitative estimate of drug-likeness (QED) is 0.200. The average Bonchev–Trinajstić information content (AvgIpc) is 2.75. The summed E-state index contributed by atoms with van der Waals surface area (Å²) in [4.78, 5) is 0. The molecule has 1 unspecified atom stereocenters. The maximum atomic E-state index is 10.0. The lowest BCUT2D eigenvalue weighted by atomic mass is 9.92. The molecule has 1 fully saturated rings. The van der Waals surface area contributed by atoms with Crippen molar-refractivity contribution in [3.05, 3.63) is 0 Å². The highest BCUT2D eigenvalue weighted by Crippen LogP contribution is 2.25. The van der Waals surface area contributed by atoms with E-state index in [-0.39, 0.29) is 6.61 Å². The van der Waals surface area contributed by atoms with Gasteiger partial charge in [-0.05, 0) is 19.4 Å². The van der Waals surface area contributed by atoms with Gasteiger partial charge in [0.05, 0.1) is 12.7 Å². The van der Waals surface area contributed by atoms with Crippen molar-refractivity contribution in [1.29, 1.82) is 0 Å². The minimum atomic E-state index is -1.25. The number of aliphatic hydroxyl groups excluding tert-OH is 4. The molecule has 1 aliphatic rings. The van der Waals surface area contributed by atoms with Gasteiger partial charge in [-0.15, -0.1) is 0 Å². The number of rotatable bonds is 19. The molecular formula is C24H49NO5. The molecule has 0 radical (unpaired) electrons. The summed E-state index contributed by atoms with van der Waals surface area (Å²) in [6, 6.07) is 0. The van der Waals surface area contributed by atoms with Gasteiger partial charge in [0, 0.05) is 0 Å². The summed E-state index contributed by atoms with van der Waals surface area (Å²) in [5, 5.41) is 38.9. The molecule has 0 bridgehead atoms. The second-order valence-corrected chi connectivity index (χ2v) is 9.10. The summed E-state index contributed by atoms with van der Waals surface area (Å²) in [6.45, 7) is 0.485. The van der Waals surface area contributed by atoms with Crippen molar-refractivity contribution in [3.63, 3.8) is 0 Å². The number of ether oxygens (including phenoxy) is 1. The second-order valence-electron chi connectivity index (χ2n) is 9.10. The maximum absolute atomic E-state index is 10.0. The molecule has 180 valence electrons. The van der Waals surface area contributed by atoms with Crippen LogP contribution in [0.3, 0.4) is 0 Å². The van der Waals surface area contributed by atoms with Gasteiger partial charge in [-0.1, -0.05) is 96.3 Å². The molecule has 0 amide bonds. The first-order valence-corrected chi connectivity index (χ1v) is 12.6. The van der Waals surface area contributed by atoms with Crippen LogP contribution in [0.1, 0.15) is 109 Å². The Bertz CT molecular complexity index is 383. The monoisotopic (exact) mass is 431 g/mol. The first-order chi connectivity index (χ1) is 14.6. The summed E-state index contributed by atoms with van der Waals surface area (Å²) in [7, 11) is 0. The molecule has 1 saturated heterocycles. The SMILES string of the molecule is NCCCCCCCCCCCCCCCCCCC1O[C@H](CO)[C@@H](O)[C@H](O)[C@H]1O. The average molecular weight is 432 g/mol. The lowest BCUT2D eigenvalue weighted by molar-refractivity contribution is -0.230. The number of aliphatic hydroxyl groups is 4. The van der Waals surface area contributed by atoms with Crippen LogP contribution in [0.5, 0.6) is 0 Å². The van der Waals surface area contributed by atoms with Crippen LogP contribution >= 0.6 is 0 Å². The Morgan fingerprint density at radius 3 is 1.27 bits per heavy atom. The van der Waals surface area contributed by atoms with Gasteiger partial charge < -0.3 is 30.9 Å². The highest BCUT2D eigenvalue weighted by molar-refractivity contribution is 4.91. The summed E-state index contributed by atoms with van der Waals surface area (Å²) >= 11 is 0. The van der Waals surface area contributed by atoms with Gasteiger partial charge in [-0.25, -0.2) is 0 Å². The van der Waals surface area contributed by atoms with Crippen LogP contribution in [0.25, 0.3) is 0 Å². The molecule has 6 heteroatoms. The van der Waals surface area contributed by atoms with Gasteiger partial charge in [0.15, 0.2) is 0 Å². The molecule has 5 atom stereocenters. The normalized spacial score (nSPS) is 26.9. The molecule has 6 nitrogen and oxygen atoms in total. The minimum absolute atomic E-state index is 0.351. The molecular weight excluding hydrogens is 382 g/mol. The molecule has 0 saturated carbocycles. The van der Waals surface area contributed by atoms with E-state index in [0.29, 0.717) is 6.42 Å². The molecule has 0 aromatic carbocycles. The van der Waals surface area contributed by atoms with Gasteiger partial charge in [0.1, 0.15) is 24.4 Å². The van der Waals surface area contributed by atoms with Crippen LogP contribution in [-0.4, -0.2) is 64.1 Å². The van der Waals surface area contributed by atoms with Gasteiger partial charge in [-0.2, -0.15) is 0 Å². The Balaban J connectivity index is 1.85. The van der Waals surface area contributed by atoms with Crippen LogP contribution in [0, 0.1) is 0 Å². The van der Waals surface area contributed by atoms with Crippen molar-refractivity contribution in [2.24, 2.45) is 5.73 Å². The first kappa shape index (κ1) is 27.8. The standard InChI is InChI=1S/C24H49NO5/c25-18-16-14-12-10-8-6-4-2-1-3-5-7-9-11-13-15-17-20-22(27)24(29)23(28)21(19-26)30-20/h20-24,26-29H,1-19,25H2/t20?,21-,22+,23-,24-/m1/s1. The van der Waals surface area contributed by atoms with E-state index in [1.165, 1.54) is 89.9 Å². The van der Waals surface area contributed by atoms with Crippen LogP contribution in [-0.2, 0) is 4.74 Å². The number of hydrogen-bond donors (Lipinski definition) is 5. The first-order valence-electron chi connectivity index (χ1n) is 12.6. The molecule has 0 spiro atoms. The molecule has 1 aliphatic heterocycles. The van der Waals surface area contributed by atoms with Gasteiger partial charge in [0.2, 0.25) is 0 Å². The fourth-order valence-corrected chi connectivity index (χ4v) is 4.38. The topological polar surface area (TPSA) is 116 Å². The number of unbranched alkanes of at least 4 members (excludes halogenated alkanes) is 15. The third-order valence-electron chi connectivity index (χ3n) is 6.43. The van der Waals surface area contributed by atoms with Crippen molar-refractivity contribution < 1.29 is 25.2 Å². The van der Waals surface area contributed by atoms with Gasteiger partial charge in [-0.3, -0.25) is 0 Å². The Labute approximate surface area is 184 Å². The Morgan fingerprint density at radius 2 is 0.867 bits per heavy atom. The molecule has 0 aromatic heterocycles. The summed E-state index contributed by atoms with van der Waals surface area (Å²) in [5.74, 6) is 0. The van der Waals surface area contributed by atoms with Crippen molar-refractivity contribution in [2.45, 2.75) is 140 Å². The molecule has 1 heterocycles. The third-order valence-corrected chi connectivity index (χ3v) is 6.43. The Hall–Kier alpha value is -0.240. The number of nitrogens with two attached hydrogens (primary N) is 1. The van der Waals surface area contributed by atoms with Crippen LogP contribution < -0.4 is 5.73 Å². The largest absolute Gasteiger partial charge is 0.394 e. The van der Waals surface area contributed by atoms with Crippen LogP contribution in [0.2, 0.25) is 0 Å². The van der Waals surface area contributed by atoms with E-state index in [1.807, 2.05) is 0 Å². The van der Waals surface area contributed by atoms with Gasteiger partial charge in [0.25, 0.3) is 0 Å². The zero-order valence-electron chi connectivity index (χ0n) is 19.1. The summed E-state index contributed by atoms with van der Waals surface area (Å²) < 4.78 is 5.54. The summed E-state index contributed by atoms with van der Waals surface area (Å²) in [5.41, 5.74) is 5.50. The maximum Gasteiger partial charge on any atom is 0.111 e. The highest BCUT2D eigenvalue weighted by Gasteiger charge is 2.42. The third kappa shape index (κ3) is 12.0. The summed E-state index contributed by atoms with van der Waals surface area (Å²) in [6.07, 6.45) is 16.3. The molecule has 0 aromatic rings. The zero-order valence-corrected chi connectivity index (χ0v) is 19.1. The lowest BCUT2D eigenvalue weighted by Crippen LogP contribution is -2.58. The smallest absolute Gasteiger partial charge is 0.111 e. The van der Waals surface area contributed by atoms with E-state index in [0.717, 1.165) is 19.4 Å². The van der Waals surface area contributed by atoms with Crippen molar-refractivity contribution in [3.8, 4) is 0 Å². The van der Waals surface area contributed by atoms with E-state index in [1.54, 1.807) is 0 Å². The van der Waals surface area contributed by atoms with E-state index in [2.05, 4.69) is 0 Å². The molecule has 0 aliphatic carbocycles. The lowest BCUT2D eigenvalue weighted by Gasteiger charge is -2.40. The van der Waals surface area contributed by atoms with Crippen LogP contribution in [0.15, 0.2) is 0 Å².